The average molecular weight is 1210 g/mol. The van der Waals surface area contributed by atoms with Crippen LogP contribution in [0.2, 0.25) is 0 Å². The van der Waals surface area contributed by atoms with Gasteiger partial charge in [0, 0.05) is 76.8 Å². The lowest BCUT2D eigenvalue weighted by Crippen LogP contribution is -2.57. The van der Waals surface area contributed by atoms with Crippen LogP contribution in [-0.4, -0.2) is 154 Å². The molecule has 22 heteroatoms. The summed E-state index contributed by atoms with van der Waals surface area (Å²) in [5.41, 5.74) is 7.10. The van der Waals surface area contributed by atoms with Crippen LogP contribution in [0.1, 0.15) is 123 Å². The third kappa shape index (κ3) is 22.8. The van der Waals surface area contributed by atoms with E-state index in [9.17, 15) is 67.4 Å². The predicted octanol–water partition coefficient (Wildman–Crippen LogP) is 2.86. The van der Waals surface area contributed by atoms with Gasteiger partial charge in [0.05, 0.1) is 37.2 Å². The number of hydrogen-bond acceptors (Lipinski definition) is 14. The van der Waals surface area contributed by atoms with Crippen LogP contribution in [0.15, 0.2) is 91.0 Å². The second kappa shape index (κ2) is 34.8. The number of ketones is 5. The number of rotatable bonds is 18. The summed E-state index contributed by atoms with van der Waals surface area (Å²) >= 11 is 0. The molecule has 10 atom stereocenters. The second-order valence-corrected chi connectivity index (χ2v) is 23.7. The van der Waals surface area contributed by atoms with Crippen molar-refractivity contribution in [3.63, 3.8) is 0 Å². The summed E-state index contributed by atoms with van der Waals surface area (Å²) in [6.07, 6.45) is -3.49. The Balaban J connectivity index is 1.85. The molecule has 0 radical (unpaired) electrons. The number of carbonyl (C=O) groups excluding carboxylic acids is 13. The molecule has 8 N–H and O–H groups in total. The number of aliphatic hydroxyl groups excluding tert-OH is 1. The number of Topliss-reactive ketones (excluding diaryl/α,β-unsaturated/α-hetero) is 5. The molecule has 4 rings (SSSR count). The summed E-state index contributed by atoms with van der Waals surface area (Å²) in [7, 11) is 2.63. The topological polar surface area (TPSA) is 335 Å². The summed E-state index contributed by atoms with van der Waals surface area (Å²) < 4.78 is 0. The van der Waals surface area contributed by atoms with E-state index in [2.05, 4.69) is 26.6 Å². The van der Waals surface area contributed by atoms with Crippen molar-refractivity contribution in [2.45, 2.75) is 168 Å². The predicted molar refractivity (Wildman–Crippen MR) is 323 cm³/mol. The van der Waals surface area contributed by atoms with Crippen molar-refractivity contribution >= 4 is 76.2 Å². The summed E-state index contributed by atoms with van der Waals surface area (Å²) in [5.74, 6) is -13.3. The zero-order valence-corrected chi connectivity index (χ0v) is 51.5. The number of amides is 8. The highest BCUT2D eigenvalue weighted by atomic mass is 16.3. The number of aliphatic hydroxyl groups is 1. The van der Waals surface area contributed by atoms with Gasteiger partial charge in [-0.15, -0.1) is 0 Å². The van der Waals surface area contributed by atoms with Gasteiger partial charge < -0.3 is 47.2 Å². The zero-order chi connectivity index (χ0) is 64.7. The van der Waals surface area contributed by atoms with Crippen LogP contribution in [-0.2, 0) is 81.6 Å². The number of nitrogens with zero attached hydrogens (tertiary/aromatic N) is 2. The van der Waals surface area contributed by atoms with E-state index in [0.29, 0.717) is 16.7 Å². The fourth-order valence-electron chi connectivity index (χ4n) is 10.3. The minimum absolute atomic E-state index is 0.0535. The van der Waals surface area contributed by atoms with Gasteiger partial charge in [0.15, 0.2) is 28.9 Å². The van der Waals surface area contributed by atoms with Crippen molar-refractivity contribution in [1.29, 1.82) is 0 Å². The lowest BCUT2D eigenvalue weighted by atomic mass is 9.87. The van der Waals surface area contributed by atoms with Crippen LogP contribution in [0, 0.1) is 29.6 Å². The maximum atomic E-state index is 14.9. The third-order valence-corrected chi connectivity index (χ3v) is 15.7. The molecule has 3 aromatic carbocycles. The Morgan fingerprint density at radius 3 is 1.69 bits per heavy atom. The molecular formula is C65H88N8O14. The fourth-order valence-corrected chi connectivity index (χ4v) is 10.3. The molecule has 0 bridgehead atoms. The number of benzene rings is 3. The molecular weight excluding hydrogens is 1120 g/mol. The van der Waals surface area contributed by atoms with Crippen molar-refractivity contribution in [2.75, 3.05) is 20.7 Å². The Bertz CT molecular complexity index is 2900. The van der Waals surface area contributed by atoms with Gasteiger partial charge in [-0.2, -0.15) is 0 Å². The molecule has 1 heterocycles. The number of carbonyl (C=O) groups is 13. The summed E-state index contributed by atoms with van der Waals surface area (Å²) in [6, 6.07) is 16.7. The van der Waals surface area contributed by atoms with Crippen LogP contribution in [0.3, 0.4) is 0 Å². The van der Waals surface area contributed by atoms with Gasteiger partial charge in [-0.25, -0.2) is 0 Å². The van der Waals surface area contributed by atoms with Crippen molar-refractivity contribution in [3.8, 4) is 0 Å². The summed E-state index contributed by atoms with van der Waals surface area (Å²) in [4.78, 5) is 184. The number of hydrogen-bond donors (Lipinski definition) is 7. The third-order valence-electron chi connectivity index (χ3n) is 15.7. The first-order valence-electron chi connectivity index (χ1n) is 29.8. The Morgan fingerprint density at radius 2 is 1.15 bits per heavy atom. The van der Waals surface area contributed by atoms with E-state index >= 15 is 0 Å². The maximum Gasteiger partial charge on any atom is 0.246 e. The van der Waals surface area contributed by atoms with Gasteiger partial charge >= 0.3 is 0 Å². The normalized spacial score (nSPS) is 23.1. The lowest BCUT2D eigenvalue weighted by Gasteiger charge is -2.31. The molecule has 1 aliphatic heterocycles. The van der Waals surface area contributed by atoms with Crippen LogP contribution in [0.4, 0.5) is 0 Å². The molecule has 87 heavy (non-hydrogen) atoms. The van der Waals surface area contributed by atoms with Gasteiger partial charge in [-0.1, -0.05) is 133 Å². The Morgan fingerprint density at radius 1 is 0.621 bits per heavy atom. The van der Waals surface area contributed by atoms with Gasteiger partial charge in [0.2, 0.25) is 47.3 Å². The van der Waals surface area contributed by atoms with Crippen molar-refractivity contribution in [3.05, 3.63) is 108 Å². The Labute approximate surface area is 509 Å². The highest BCUT2D eigenvalue weighted by Crippen LogP contribution is 2.22. The SMILES string of the molecule is CC(C)C[C@@H]1NC(=O)CCC(=O)[C@H](Cc2ccccc2)N(C)C(=O)[C@H](C)CC(=O)[C@H](Cc2ccccc2)NC(=O)C[C@@H](C(=O)N(C)[C@@H](C)C(=O)N[C@@H](CO)C(=O)CCC(N)=O)NC(=O)[C@H](Cc2ccccc2)CC(=O)[C@H](C(C)C)NC(=O)[C@H](C)CC1=O. The molecule has 0 saturated carbocycles. The second-order valence-electron chi connectivity index (χ2n) is 23.7. The van der Waals surface area contributed by atoms with Crippen LogP contribution in [0.25, 0.3) is 0 Å². The van der Waals surface area contributed by atoms with E-state index in [4.69, 9.17) is 5.73 Å². The molecule has 0 unspecified atom stereocenters. The first kappa shape index (κ1) is 71.2. The quantitative estimate of drug-likeness (QED) is 0.0964. The minimum Gasteiger partial charge on any atom is -0.394 e. The largest absolute Gasteiger partial charge is 0.394 e. The van der Waals surface area contributed by atoms with Gasteiger partial charge in [0.25, 0.3) is 0 Å². The zero-order valence-electron chi connectivity index (χ0n) is 51.5. The monoisotopic (exact) mass is 1200 g/mol. The molecule has 472 valence electrons. The van der Waals surface area contributed by atoms with Crippen LogP contribution in [0.5, 0.6) is 0 Å². The highest BCUT2D eigenvalue weighted by Gasteiger charge is 2.39. The Hall–Kier alpha value is -8.27. The number of nitrogens with one attached hydrogen (secondary N) is 5. The smallest absolute Gasteiger partial charge is 0.246 e. The van der Waals surface area contributed by atoms with Crippen LogP contribution >= 0.6 is 0 Å². The molecule has 1 fully saturated rings. The minimum atomic E-state index is -1.81. The van der Waals surface area contributed by atoms with Crippen LogP contribution < -0.4 is 32.3 Å². The summed E-state index contributed by atoms with van der Waals surface area (Å²) in [6.45, 7) is 10.5. The van der Waals surface area contributed by atoms with Gasteiger partial charge in [0.1, 0.15) is 18.1 Å². The van der Waals surface area contributed by atoms with Crippen molar-refractivity contribution in [2.24, 2.45) is 35.3 Å². The van der Waals surface area contributed by atoms with E-state index < -0.39 is 174 Å². The molecule has 1 aliphatic rings. The molecule has 3 aromatic rings. The van der Waals surface area contributed by atoms with E-state index in [1.54, 1.807) is 105 Å². The molecule has 0 aromatic heterocycles. The van der Waals surface area contributed by atoms with E-state index in [1.165, 1.54) is 39.8 Å². The number of primary amides is 1. The van der Waals surface area contributed by atoms with E-state index in [1.807, 2.05) is 13.8 Å². The first-order valence-corrected chi connectivity index (χ1v) is 29.8. The van der Waals surface area contributed by atoms with Gasteiger partial charge in [-0.3, -0.25) is 62.3 Å². The first-order chi connectivity index (χ1) is 41.1. The highest BCUT2D eigenvalue weighted by molar-refractivity contribution is 6.00. The molecule has 1 saturated heterocycles. The molecule has 0 aliphatic carbocycles. The fraction of sp³-hybridized carbons (Fsp3) is 0.523. The maximum absolute atomic E-state index is 14.9. The van der Waals surface area contributed by atoms with Crippen molar-refractivity contribution < 1.29 is 67.4 Å². The molecule has 8 amide bonds. The molecule has 0 spiro atoms. The van der Waals surface area contributed by atoms with E-state index in [0.717, 1.165) is 4.90 Å². The number of likely N-dealkylation sites (N-methyl/N-ethyl adjacent to an activating group) is 2. The summed E-state index contributed by atoms with van der Waals surface area (Å²) in [5, 5.41) is 23.3. The lowest BCUT2D eigenvalue weighted by molar-refractivity contribution is -0.144. The Kier molecular flexibility index (Phi) is 28.5. The number of nitrogens with two attached hydrogens (primary N) is 1. The average Bonchev–Trinajstić information content (AvgIpc) is 3.66. The standard InChI is InChI=1S/C65H88N8O14/c1-38(2)29-47-54(77)30-40(5)61(83)71-60(39(3)4)56(79)35-46(32-43-19-13-10-14-20-43)63(85)69-49(65(87)72(8)42(7)62(84)70-50(37-74)52(75)25-27-57(66)80)36-59(82)68-48(33-44-21-15-11-16-22-44)55(78)31-41(6)64(86)73(9)51(34-45-23-17-12-18-24-45)53(76)26-28-58(81)67-47/h10-24,38-42,46-51,60,74H,25-37H2,1-9H3,(H2,66,80)(H,67,81)(H,68,82)(H,69,85)(H,70,84)(H,71,83)/t40-,41-,42+,46-,47+,48+,49+,50+,51+,60+/m1/s1. The van der Waals surface area contributed by atoms with Crippen molar-refractivity contribution in [1.82, 2.24) is 36.4 Å². The van der Waals surface area contributed by atoms with Gasteiger partial charge in [-0.05, 0) is 61.1 Å². The molecule has 22 nitrogen and oxygen atoms in total. The van der Waals surface area contributed by atoms with E-state index in [-0.39, 0.29) is 57.3 Å².